The summed E-state index contributed by atoms with van der Waals surface area (Å²) >= 11 is 0. The largest absolute Gasteiger partial charge is 0.488 e. The van der Waals surface area contributed by atoms with Crippen LogP contribution in [0.4, 0.5) is 5.69 Å². The van der Waals surface area contributed by atoms with E-state index in [0.717, 1.165) is 19.1 Å². The van der Waals surface area contributed by atoms with Crippen molar-refractivity contribution in [2.24, 2.45) is 0 Å². The highest BCUT2D eigenvalue weighted by molar-refractivity contribution is 7.92. The van der Waals surface area contributed by atoms with Gasteiger partial charge in [0.05, 0.1) is 18.0 Å². The Morgan fingerprint density at radius 2 is 1.90 bits per heavy atom. The standard InChI is InChI=1S/C14H21NO4S/c1-14(2,3)19-11-7-8-13(18-10-5-6-10)12(9-11)15-20(4,16)17/h7-10,15H,5-6H2,1-4H3. The molecule has 2 rings (SSSR count). The Bertz CT molecular complexity index is 586. The molecule has 1 saturated carbocycles. The second kappa shape index (κ2) is 5.16. The van der Waals surface area contributed by atoms with Crippen molar-refractivity contribution in [3.8, 4) is 11.5 Å². The molecule has 0 heterocycles. The molecule has 0 amide bonds. The number of nitrogens with one attached hydrogen (secondary N) is 1. The summed E-state index contributed by atoms with van der Waals surface area (Å²) in [5.74, 6) is 1.14. The van der Waals surface area contributed by atoms with Crippen molar-refractivity contribution in [2.45, 2.75) is 45.3 Å². The fraction of sp³-hybridized carbons (Fsp3) is 0.571. The normalized spacial score (nSPS) is 15.8. The van der Waals surface area contributed by atoms with Gasteiger partial charge < -0.3 is 9.47 Å². The molecule has 1 aromatic rings. The molecule has 1 aliphatic carbocycles. The average Bonchev–Trinajstić information content (AvgIpc) is 3.01. The third-order valence-electron chi connectivity index (χ3n) is 2.49. The second-order valence-electron chi connectivity index (χ2n) is 6.06. The van der Waals surface area contributed by atoms with Crippen LogP contribution in [0.5, 0.6) is 11.5 Å². The Hall–Kier alpha value is -1.43. The third-order valence-corrected chi connectivity index (χ3v) is 3.08. The highest BCUT2D eigenvalue weighted by atomic mass is 32.2. The number of hydrogen-bond acceptors (Lipinski definition) is 4. The van der Waals surface area contributed by atoms with Crippen molar-refractivity contribution >= 4 is 15.7 Å². The first-order chi connectivity index (χ1) is 9.12. The maximum absolute atomic E-state index is 11.4. The predicted octanol–water partition coefficient (Wildman–Crippen LogP) is 2.78. The first kappa shape index (κ1) is 15.0. The van der Waals surface area contributed by atoms with Crippen molar-refractivity contribution in [3.05, 3.63) is 18.2 Å². The molecule has 0 atom stereocenters. The van der Waals surface area contributed by atoms with E-state index < -0.39 is 10.0 Å². The summed E-state index contributed by atoms with van der Waals surface area (Å²) in [5, 5.41) is 0. The van der Waals surface area contributed by atoms with Crippen molar-refractivity contribution < 1.29 is 17.9 Å². The van der Waals surface area contributed by atoms with E-state index >= 15 is 0 Å². The Kier molecular flexibility index (Phi) is 3.86. The molecule has 6 heteroatoms. The quantitative estimate of drug-likeness (QED) is 0.908. The summed E-state index contributed by atoms with van der Waals surface area (Å²) in [6.45, 7) is 5.81. The molecule has 0 spiro atoms. The van der Waals surface area contributed by atoms with Gasteiger partial charge in [0.15, 0.2) is 0 Å². The molecule has 1 fully saturated rings. The Morgan fingerprint density at radius 3 is 2.40 bits per heavy atom. The van der Waals surface area contributed by atoms with Gasteiger partial charge in [-0.1, -0.05) is 0 Å². The first-order valence-electron chi connectivity index (χ1n) is 6.60. The van der Waals surface area contributed by atoms with Gasteiger partial charge in [0.25, 0.3) is 0 Å². The minimum absolute atomic E-state index is 0.199. The average molecular weight is 299 g/mol. The highest BCUT2D eigenvalue weighted by Crippen LogP contribution is 2.35. The summed E-state index contributed by atoms with van der Waals surface area (Å²) in [6, 6.07) is 5.19. The molecule has 1 aromatic carbocycles. The SMILES string of the molecule is CC(C)(C)Oc1ccc(OC2CC2)c(NS(C)(=O)=O)c1. The number of anilines is 1. The number of benzene rings is 1. The molecule has 0 aromatic heterocycles. The molecule has 0 saturated heterocycles. The lowest BCUT2D eigenvalue weighted by molar-refractivity contribution is 0.131. The van der Waals surface area contributed by atoms with Crippen LogP contribution >= 0.6 is 0 Å². The molecular weight excluding hydrogens is 278 g/mol. The maximum atomic E-state index is 11.4. The number of rotatable bonds is 5. The fourth-order valence-electron chi connectivity index (χ4n) is 1.67. The molecule has 1 aliphatic rings. The molecular formula is C14H21NO4S. The second-order valence-corrected chi connectivity index (χ2v) is 7.81. The monoisotopic (exact) mass is 299 g/mol. The van der Waals surface area contributed by atoms with Crippen molar-refractivity contribution in [3.63, 3.8) is 0 Å². The lowest BCUT2D eigenvalue weighted by Crippen LogP contribution is -2.23. The van der Waals surface area contributed by atoms with Gasteiger partial charge in [-0.05, 0) is 45.7 Å². The van der Waals surface area contributed by atoms with E-state index in [1.54, 1.807) is 18.2 Å². The summed E-state index contributed by atoms with van der Waals surface area (Å²) in [7, 11) is -3.36. The maximum Gasteiger partial charge on any atom is 0.229 e. The summed E-state index contributed by atoms with van der Waals surface area (Å²) in [4.78, 5) is 0. The Morgan fingerprint density at radius 1 is 1.25 bits per heavy atom. The molecule has 0 aliphatic heterocycles. The summed E-state index contributed by atoms with van der Waals surface area (Å²) in [5.41, 5.74) is 0.0717. The van der Waals surface area contributed by atoms with Gasteiger partial charge in [0.1, 0.15) is 17.1 Å². The van der Waals surface area contributed by atoms with E-state index in [9.17, 15) is 8.42 Å². The smallest absolute Gasteiger partial charge is 0.229 e. The predicted molar refractivity (Wildman–Crippen MR) is 78.9 cm³/mol. The molecule has 112 valence electrons. The van der Waals surface area contributed by atoms with Gasteiger partial charge in [-0.3, -0.25) is 4.72 Å². The summed E-state index contributed by atoms with van der Waals surface area (Å²) in [6.07, 6.45) is 3.34. The minimum atomic E-state index is -3.36. The highest BCUT2D eigenvalue weighted by Gasteiger charge is 2.25. The van der Waals surface area contributed by atoms with Crippen LogP contribution in [0.15, 0.2) is 18.2 Å². The van der Waals surface area contributed by atoms with Crippen LogP contribution < -0.4 is 14.2 Å². The van der Waals surface area contributed by atoms with E-state index in [2.05, 4.69) is 4.72 Å². The van der Waals surface area contributed by atoms with Gasteiger partial charge >= 0.3 is 0 Å². The fourth-order valence-corrected chi connectivity index (χ4v) is 2.23. The van der Waals surface area contributed by atoms with Crippen molar-refractivity contribution in [1.29, 1.82) is 0 Å². The van der Waals surface area contributed by atoms with Gasteiger partial charge in [-0.25, -0.2) is 8.42 Å². The van der Waals surface area contributed by atoms with Crippen molar-refractivity contribution in [1.82, 2.24) is 0 Å². The van der Waals surface area contributed by atoms with Crippen LogP contribution in [-0.4, -0.2) is 26.4 Å². The number of sulfonamides is 1. The van der Waals surface area contributed by atoms with E-state index in [4.69, 9.17) is 9.47 Å². The molecule has 20 heavy (non-hydrogen) atoms. The molecule has 5 nitrogen and oxygen atoms in total. The van der Waals surface area contributed by atoms with Gasteiger partial charge in [-0.15, -0.1) is 0 Å². The molecule has 0 radical (unpaired) electrons. The zero-order valence-corrected chi connectivity index (χ0v) is 13.1. The Balaban J connectivity index is 2.27. The molecule has 0 unspecified atom stereocenters. The van der Waals surface area contributed by atoms with Gasteiger partial charge in [-0.2, -0.15) is 0 Å². The Labute approximate surface area is 120 Å². The van der Waals surface area contributed by atoms with E-state index in [1.165, 1.54) is 0 Å². The third kappa shape index (κ3) is 4.92. The van der Waals surface area contributed by atoms with Gasteiger partial charge in [0, 0.05) is 6.07 Å². The molecule has 0 bridgehead atoms. The van der Waals surface area contributed by atoms with Crippen LogP contribution in [0.1, 0.15) is 33.6 Å². The van der Waals surface area contributed by atoms with Crippen LogP contribution in [0.2, 0.25) is 0 Å². The molecule has 1 N–H and O–H groups in total. The van der Waals surface area contributed by atoms with Crippen LogP contribution in [0, 0.1) is 0 Å². The minimum Gasteiger partial charge on any atom is -0.488 e. The van der Waals surface area contributed by atoms with E-state index in [1.807, 2.05) is 20.8 Å². The number of hydrogen-bond donors (Lipinski definition) is 1. The summed E-state index contributed by atoms with van der Waals surface area (Å²) < 4.78 is 36.8. The lowest BCUT2D eigenvalue weighted by atomic mass is 10.2. The zero-order valence-electron chi connectivity index (χ0n) is 12.3. The van der Waals surface area contributed by atoms with Crippen LogP contribution in [0.3, 0.4) is 0 Å². The van der Waals surface area contributed by atoms with Gasteiger partial charge in [0.2, 0.25) is 10.0 Å². The van der Waals surface area contributed by atoms with E-state index in [-0.39, 0.29) is 11.7 Å². The first-order valence-corrected chi connectivity index (χ1v) is 8.49. The van der Waals surface area contributed by atoms with Crippen LogP contribution in [0.25, 0.3) is 0 Å². The van der Waals surface area contributed by atoms with Crippen LogP contribution in [-0.2, 0) is 10.0 Å². The van der Waals surface area contributed by atoms with E-state index in [0.29, 0.717) is 17.2 Å². The number of ether oxygens (including phenoxy) is 2. The lowest BCUT2D eigenvalue weighted by Gasteiger charge is -2.22. The zero-order chi connectivity index (χ0) is 15.0. The topological polar surface area (TPSA) is 64.6 Å². The van der Waals surface area contributed by atoms with Crippen molar-refractivity contribution in [2.75, 3.05) is 11.0 Å².